The van der Waals surface area contributed by atoms with Crippen molar-refractivity contribution in [2.75, 3.05) is 19.6 Å². The van der Waals surface area contributed by atoms with Gasteiger partial charge >= 0.3 is 0 Å². The van der Waals surface area contributed by atoms with Gasteiger partial charge < -0.3 is 20.1 Å². The van der Waals surface area contributed by atoms with Crippen molar-refractivity contribution in [3.8, 4) is 17.2 Å². The number of ether oxygens (including phenoxy) is 1. The van der Waals surface area contributed by atoms with E-state index in [0.29, 0.717) is 23.0 Å². The summed E-state index contributed by atoms with van der Waals surface area (Å²) in [5.41, 5.74) is 0.667. The Labute approximate surface area is 204 Å². The van der Waals surface area contributed by atoms with E-state index in [2.05, 4.69) is 10.2 Å². The van der Waals surface area contributed by atoms with Crippen LogP contribution in [0.4, 0.5) is 0 Å². The summed E-state index contributed by atoms with van der Waals surface area (Å²) >= 11 is 0. The molecule has 3 aliphatic rings. The average molecular weight is 465 g/mol. The van der Waals surface area contributed by atoms with Gasteiger partial charge in [0.05, 0.1) is 0 Å². The fourth-order valence-corrected chi connectivity index (χ4v) is 5.34. The van der Waals surface area contributed by atoms with Crippen molar-refractivity contribution in [3.05, 3.63) is 54.1 Å². The highest BCUT2D eigenvalue weighted by Gasteiger charge is 2.30. The molecule has 3 saturated heterocycles. The first-order valence-corrected chi connectivity index (χ1v) is 13.3. The van der Waals surface area contributed by atoms with Crippen molar-refractivity contribution in [2.24, 2.45) is 5.92 Å². The van der Waals surface area contributed by atoms with Gasteiger partial charge in [0.25, 0.3) is 5.91 Å². The second kappa shape index (κ2) is 12.8. The molecule has 3 fully saturated rings. The normalized spacial score (nSPS) is 24.5. The van der Waals surface area contributed by atoms with Crippen LogP contribution in [0.2, 0.25) is 0 Å². The van der Waals surface area contributed by atoms with E-state index in [-0.39, 0.29) is 17.7 Å². The zero-order valence-corrected chi connectivity index (χ0v) is 20.4. The molecule has 2 unspecified atom stereocenters. The van der Waals surface area contributed by atoms with Gasteiger partial charge in [-0.25, -0.2) is 0 Å². The number of amides is 1. The Morgan fingerprint density at radius 2 is 1.35 bits per heavy atom. The van der Waals surface area contributed by atoms with Crippen LogP contribution >= 0.6 is 0 Å². The predicted octanol–water partition coefficient (Wildman–Crippen LogP) is 6.52. The van der Waals surface area contributed by atoms with Crippen LogP contribution < -0.4 is 10.1 Å². The molecular weight excluding hydrogens is 424 g/mol. The first-order valence-electron chi connectivity index (χ1n) is 13.3. The van der Waals surface area contributed by atoms with Crippen LogP contribution in [0, 0.1) is 5.92 Å². The first kappa shape index (κ1) is 24.6. The summed E-state index contributed by atoms with van der Waals surface area (Å²) in [5.74, 6) is 2.10. The van der Waals surface area contributed by atoms with Gasteiger partial charge in [-0.2, -0.15) is 0 Å². The third-order valence-corrected chi connectivity index (χ3v) is 7.39. The summed E-state index contributed by atoms with van der Waals surface area (Å²) in [7, 11) is 0. The Balaban J connectivity index is 1.35. The van der Waals surface area contributed by atoms with E-state index in [1.54, 1.807) is 24.3 Å². The third-order valence-electron chi connectivity index (χ3n) is 7.39. The van der Waals surface area contributed by atoms with Gasteiger partial charge in [-0.05, 0) is 86.8 Å². The number of phenolic OH excluding ortho intramolecular Hbond substituents is 1. The molecule has 0 aliphatic carbocycles. The molecule has 2 N–H and O–H groups in total. The molecule has 3 aliphatic heterocycles. The quantitative estimate of drug-likeness (QED) is 0.541. The van der Waals surface area contributed by atoms with E-state index in [4.69, 9.17) is 4.74 Å². The van der Waals surface area contributed by atoms with Crippen molar-refractivity contribution >= 4 is 5.91 Å². The van der Waals surface area contributed by atoms with Crippen molar-refractivity contribution < 1.29 is 14.6 Å². The van der Waals surface area contributed by atoms with E-state index < -0.39 is 0 Å². The van der Waals surface area contributed by atoms with Crippen LogP contribution in [0.3, 0.4) is 0 Å². The van der Waals surface area contributed by atoms with Gasteiger partial charge in [-0.3, -0.25) is 4.79 Å². The maximum absolute atomic E-state index is 13.1. The predicted molar refractivity (Wildman–Crippen MR) is 137 cm³/mol. The highest BCUT2D eigenvalue weighted by Crippen LogP contribution is 2.27. The van der Waals surface area contributed by atoms with Gasteiger partial charge in [0.1, 0.15) is 17.2 Å². The standard InChI is InChI=1S/C29H40N2O3/c32-25-13-17-27(18-14-25)34-26-15-11-24(12-16-26)29(33)30-28-22-31-20-9-7-5-3-1-2-4-6-8-10-23(28)19-21-31/h11-18,23,28,32H,1-10,19-22H2,(H,30,33)/t23-,28?/m0/s1. The summed E-state index contributed by atoms with van der Waals surface area (Å²) in [4.78, 5) is 15.7. The lowest BCUT2D eigenvalue weighted by atomic mass is 9.86. The largest absolute Gasteiger partial charge is 0.508 e. The van der Waals surface area contributed by atoms with E-state index >= 15 is 0 Å². The molecule has 5 nitrogen and oxygen atoms in total. The number of piperidine rings is 1. The monoisotopic (exact) mass is 464 g/mol. The van der Waals surface area contributed by atoms with Crippen LogP contribution in [0.1, 0.15) is 81.0 Å². The number of aromatic hydroxyl groups is 1. The Hall–Kier alpha value is -2.53. The topological polar surface area (TPSA) is 61.8 Å². The number of phenols is 1. The number of fused-ring (bicyclic) bond motifs is 12. The molecule has 0 radical (unpaired) electrons. The lowest BCUT2D eigenvalue weighted by molar-refractivity contribution is 0.0835. The molecule has 2 bridgehead atoms. The zero-order chi connectivity index (χ0) is 23.6. The number of rotatable bonds is 4. The number of carbonyl (C=O) groups excluding carboxylic acids is 1. The summed E-state index contributed by atoms with van der Waals surface area (Å²) in [5, 5.41) is 12.8. The minimum absolute atomic E-state index is 0.00551. The van der Waals surface area contributed by atoms with Gasteiger partial charge in [0.2, 0.25) is 0 Å². The minimum Gasteiger partial charge on any atom is -0.508 e. The fourth-order valence-electron chi connectivity index (χ4n) is 5.34. The molecule has 3 heterocycles. The van der Waals surface area contributed by atoms with Crippen LogP contribution in [-0.4, -0.2) is 41.6 Å². The lowest BCUT2D eigenvalue weighted by Gasteiger charge is -2.39. The number of hydrogen-bond donors (Lipinski definition) is 2. The molecule has 34 heavy (non-hydrogen) atoms. The highest BCUT2D eigenvalue weighted by atomic mass is 16.5. The summed E-state index contributed by atoms with van der Waals surface area (Å²) in [6.07, 6.45) is 14.5. The van der Waals surface area contributed by atoms with Crippen LogP contribution in [0.15, 0.2) is 48.5 Å². The number of benzene rings is 2. The van der Waals surface area contributed by atoms with Crippen LogP contribution in [0.25, 0.3) is 0 Å². The number of nitrogens with one attached hydrogen (secondary N) is 1. The summed E-state index contributed by atoms with van der Waals surface area (Å²) in [6, 6.07) is 14.2. The van der Waals surface area contributed by atoms with E-state index in [1.807, 2.05) is 24.3 Å². The Bertz CT molecular complexity index is 877. The fraction of sp³-hybridized carbons (Fsp3) is 0.552. The maximum Gasteiger partial charge on any atom is 0.251 e. The van der Waals surface area contributed by atoms with Crippen LogP contribution in [0.5, 0.6) is 17.2 Å². The molecule has 3 atom stereocenters. The van der Waals surface area contributed by atoms with Crippen molar-refractivity contribution in [2.45, 2.75) is 76.7 Å². The molecular formula is C29H40N2O3. The number of hydrogen-bond acceptors (Lipinski definition) is 4. The zero-order valence-electron chi connectivity index (χ0n) is 20.4. The lowest BCUT2D eigenvalue weighted by Crippen LogP contribution is -2.52. The summed E-state index contributed by atoms with van der Waals surface area (Å²) < 4.78 is 5.81. The average Bonchev–Trinajstić information content (AvgIpc) is 2.86. The minimum atomic E-state index is 0.00551. The molecule has 0 spiro atoms. The summed E-state index contributed by atoms with van der Waals surface area (Å²) in [6.45, 7) is 3.29. The Kier molecular flexibility index (Phi) is 9.26. The molecule has 2 aromatic carbocycles. The molecule has 184 valence electrons. The maximum atomic E-state index is 13.1. The number of nitrogens with zero attached hydrogens (tertiary/aromatic N) is 1. The van der Waals surface area contributed by atoms with E-state index in [9.17, 15) is 9.90 Å². The second-order valence-electron chi connectivity index (χ2n) is 10.0. The molecule has 5 rings (SSSR count). The highest BCUT2D eigenvalue weighted by molar-refractivity contribution is 5.94. The van der Waals surface area contributed by atoms with Gasteiger partial charge in [0, 0.05) is 18.2 Å². The molecule has 5 heteroatoms. The second-order valence-corrected chi connectivity index (χ2v) is 10.0. The molecule has 2 aromatic rings. The van der Waals surface area contributed by atoms with E-state index in [1.165, 1.54) is 77.2 Å². The molecule has 1 amide bonds. The Morgan fingerprint density at radius 1 is 0.765 bits per heavy atom. The smallest absolute Gasteiger partial charge is 0.251 e. The van der Waals surface area contributed by atoms with Gasteiger partial charge in [0.15, 0.2) is 0 Å². The SMILES string of the molecule is O=C(NC1CN2CCCCCCCCCCC[C@H]1CC2)c1ccc(Oc2ccc(O)cc2)cc1. The number of carbonyl (C=O) groups is 1. The van der Waals surface area contributed by atoms with E-state index in [0.717, 1.165) is 13.1 Å². The molecule has 0 aromatic heterocycles. The third kappa shape index (κ3) is 7.49. The van der Waals surface area contributed by atoms with Gasteiger partial charge in [-0.1, -0.05) is 51.4 Å². The Morgan fingerprint density at radius 3 is 2.03 bits per heavy atom. The van der Waals surface area contributed by atoms with Crippen molar-refractivity contribution in [3.63, 3.8) is 0 Å². The van der Waals surface area contributed by atoms with Crippen molar-refractivity contribution in [1.82, 2.24) is 10.2 Å². The van der Waals surface area contributed by atoms with Crippen molar-refractivity contribution in [1.29, 1.82) is 0 Å². The first-order chi connectivity index (χ1) is 16.7. The van der Waals surface area contributed by atoms with Gasteiger partial charge in [-0.15, -0.1) is 0 Å². The molecule has 0 saturated carbocycles. The van der Waals surface area contributed by atoms with Crippen LogP contribution in [-0.2, 0) is 0 Å².